The Morgan fingerprint density at radius 3 is 2.38 bits per heavy atom. The quantitative estimate of drug-likeness (QED) is 0.529. The summed E-state index contributed by atoms with van der Waals surface area (Å²) in [5.41, 5.74) is 3.65. The fraction of sp³-hybridized carbons (Fsp3) is 0.318. The molecule has 3 aromatic rings. The van der Waals surface area contributed by atoms with Crippen LogP contribution in [0.1, 0.15) is 16.7 Å². The van der Waals surface area contributed by atoms with E-state index in [0.29, 0.717) is 44.3 Å². The van der Waals surface area contributed by atoms with Gasteiger partial charge < -0.3 is 4.42 Å². The fourth-order valence-corrected chi connectivity index (χ4v) is 5.14. The van der Waals surface area contributed by atoms with Crippen molar-refractivity contribution < 1.29 is 12.8 Å². The monoisotopic (exact) mass is 469 g/mol. The van der Waals surface area contributed by atoms with Crippen LogP contribution in [-0.4, -0.2) is 53.6 Å². The number of rotatable bonds is 5. The number of nitriles is 1. The maximum Gasteiger partial charge on any atom is 0.288 e. The molecule has 8 nitrogen and oxygen atoms in total. The highest BCUT2D eigenvalue weighted by Crippen LogP contribution is 2.22. The Hall–Kier alpha value is -2.84. The Balaban J connectivity index is 1.42. The number of benzene rings is 2. The third-order valence-electron chi connectivity index (χ3n) is 5.65. The molecule has 10 heteroatoms. The summed E-state index contributed by atoms with van der Waals surface area (Å²) in [4.78, 5) is 2.57. The van der Waals surface area contributed by atoms with Gasteiger partial charge in [0.25, 0.3) is 4.84 Å². The molecular weight excluding hydrogens is 446 g/mol. The highest BCUT2D eigenvalue weighted by molar-refractivity contribution is 7.89. The van der Waals surface area contributed by atoms with Crippen molar-refractivity contribution in [3.8, 4) is 17.5 Å². The summed E-state index contributed by atoms with van der Waals surface area (Å²) in [6.45, 7) is 6.32. The molecule has 0 aliphatic carbocycles. The summed E-state index contributed by atoms with van der Waals surface area (Å²) in [5.74, 6) is 0.472. The highest BCUT2D eigenvalue weighted by Gasteiger charge is 2.28. The van der Waals surface area contributed by atoms with Crippen molar-refractivity contribution in [1.82, 2.24) is 19.0 Å². The maximum atomic E-state index is 12.9. The van der Waals surface area contributed by atoms with Gasteiger partial charge >= 0.3 is 0 Å². The van der Waals surface area contributed by atoms with Crippen molar-refractivity contribution in [3.63, 3.8) is 0 Å². The number of piperazine rings is 1. The molecule has 2 heterocycles. The third kappa shape index (κ3) is 4.52. The van der Waals surface area contributed by atoms with Crippen molar-refractivity contribution in [3.05, 3.63) is 64.0 Å². The summed E-state index contributed by atoms with van der Waals surface area (Å²) in [7, 11) is -3.60. The van der Waals surface area contributed by atoms with E-state index in [1.54, 1.807) is 4.68 Å². The average molecular weight is 470 g/mol. The first-order valence-electron chi connectivity index (χ1n) is 10.2. The second kappa shape index (κ2) is 8.96. The van der Waals surface area contributed by atoms with E-state index >= 15 is 0 Å². The van der Waals surface area contributed by atoms with E-state index in [1.807, 2.05) is 31.2 Å². The van der Waals surface area contributed by atoms with Crippen LogP contribution < -0.4 is 0 Å². The molecule has 0 saturated carbocycles. The molecule has 0 N–H and O–H groups in total. The van der Waals surface area contributed by atoms with Gasteiger partial charge in [0.05, 0.1) is 23.2 Å². The summed E-state index contributed by atoms with van der Waals surface area (Å²) in [6, 6.07) is 14.0. The maximum absolute atomic E-state index is 12.9. The molecule has 0 spiro atoms. The first-order chi connectivity index (χ1) is 15.3. The molecule has 0 atom stereocenters. The van der Waals surface area contributed by atoms with E-state index in [-0.39, 0.29) is 9.73 Å². The minimum atomic E-state index is -3.60. The van der Waals surface area contributed by atoms with Crippen LogP contribution in [0.5, 0.6) is 0 Å². The number of aromatic nitrogens is 2. The Morgan fingerprint density at radius 1 is 1.06 bits per heavy atom. The lowest BCUT2D eigenvalue weighted by Gasteiger charge is -2.33. The van der Waals surface area contributed by atoms with Crippen LogP contribution in [0.3, 0.4) is 0 Å². The van der Waals surface area contributed by atoms with Crippen molar-refractivity contribution in [2.45, 2.75) is 25.4 Å². The predicted octanol–water partition coefficient (Wildman–Crippen LogP) is 3.33. The largest absolute Gasteiger partial charge is 0.409 e. The third-order valence-corrected chi connectivity index (χ3v) is 7.85. The topological polar surface area (TPSA) is 95.4 Å². The molecular formula is C22H23N5O3S2. The van der Waals surface area contributed by atoms with E-state index in [0.717, 1.165) is 11.1 Å². The first-order valence-corrected chi connectivity index (χ1v) is 12.0. The Bertz CT molecular complexity index is 1330. The second-order valence-electron chi connectivity index (χ2n) is 7.77. The molecule has 1 aromatic heterocycles. The van der Waals surface area contributed by atoms with Gasteiger partial charge in [0.2, 0.25) is 15.9 Å². The molecule has 1 fully saturated rings. The smallest absolute Gasteiger partial charge is 0.288 e. The van der Waals surface area contributed by atoms with Gasteiger partial charge in [0, 0.05) is 31.7 Å². The van der Waals surface area contributed by atoms with Crippen LogP contribution in [0.15, 0.2) is 51.8 Å². The van der Waals surface area contributed by atoms with Gasteiger partial charge in [0.1, 0.15) is 0 Å². The number of hydrogen-bond acceptors (Lipinski definition) is 7. The lowest BCUT2D eigenvalue weighted by Crippen LogP contribution is -2.48. The Labute approximate surface area is 192 Å². The molecule has 0 radical (unpaired) electrons. The normalized spacial score (nSPS) is 15.5. The molecule has 166 valence electrons. The number of nitrogens with zero attached hydrogens (tertiary/aromatic N) is 5. The van der Waals surface area contributed by atoms with Crippen molar-refractivity contribution in [1.29, 1.82) is 5.26 Å². The molecule has 0 amide bonds. The molecule has 1 saturated heterocycles. The predicted molar refractivity (Wildman–Crippen MR) is 122 cm³/mol. The van der Waals surface area contributed by atoms with Crippen LogP contribution in [0.25, 0.3) is 11.5 Å². The van der Waals surface area contributed by atoms with Crippen LogP contribution in [0.2, 0.25) is 0 Å². The van der Waals surface area contributed by atoms with Gasteiger partial charge in [-0.05, 0) is 73.6 Å². The van der Waals surface area contributed by atoms with Crippen LogP contribution >= 0.6 is 12.2 Å². The van der Waals surface area contributed by atoms with Gasteiger partial charge in [-0.1, -0.05) is 6.07 Å². The van der Waals surface area contributed by atoms with Crippen molar-refractivity contribution in [2.75, 3.05) is 26.2 Å². The molecule has 1 aliphatic heterocycles. The minimum absolute atomic E-state index is 0.196. The lowest BCUT2D eigenvalue weighted by molar-refractivity contribution is 0.143. The zero-order chi connectivity index (χ0) is 22.9. The lowest BCUT2D eigenvalue weighted by atomic mass is 10.1. The minimum Gasteiger partial charge on any atom is -0.409 e. The summed E-state index contributed by atoms with van der Waals surface area (Å²) in [5, 5.41) is 13.4. The SMILES string of the molecule is Cc1ccc(-c2nn(CN3CCN(S(=O)(=O)c4ccc(C#N)cc4)CC3)c(=S)o2)cc1C. The number of sulfonamides is 1. The number of aryl methyl sites for hydroxylation is 2. The van der Waals surface area contributed by atoms with Crippen LogP contribution in [0.4, 0.5) is 0 Å². The standard InChI is InChI=1S/C22H23N5O3S2/c1-16-3-6-19(13-17(16)2)21-24-27(22(31)30-21)15-25-9-11-26(12-10-25)32(28,29)20-7-4-18(14-23)5-8-20/h3-8,13H,9-12,15H2,1-2H3. The summed E-state index contributed by atoms with van der Waals surface area (Å²) < 4.78 is 34.6. The van der Waals surface area contributed by atoms with E-state index in [9.17, 15) is 8.42 Å². The fourth-order valence-electron chi connectivity index (χ4n) is 3.54. The van der Waals surface area contributed by atoms with Crippen LogP contribution in [0, 0.1) is 30.0 Å². The molecule has 32 heavy (non-hydrogen) atoms. The molecule has 1 aliphatic rings. The van der Waals surface area contributed by atoms with E-state index < -0.39 is 10.0 Å². The van der Waals surface area contributed by atoms with E-state index in [1.165, 1.54) is 34.1 Å². The first kappa shape index (κ1) is 22.4. The van der Waals surface area contributed by atoms with Gasteiger partial charge in [-0.25, -0.2) is 13.1 Å². The highest BCUT2D eigenvalue weighted by atomic mass is 32.2. The average Bonchev–Trinajstić information content (AvgIpc) is 3.16. The summed E-state index contributed by atoms with van der Waals surface area (Å²) in [6.07, 6.45) is 0. The molecule has 2 aromatic carbocycles. The zero-order valence-corrected chi connectivity index (χ0v) is 19.5. The molecule has 0 bridgehead atoms. The zero-order valence-electron chi connectivity index (χ0n) is 17.9. The second-order valence-corrected chi connectivity index (χ2v) is 10.1. The van der Waals surface area contributed by atoms with Gasteiger partial charge in [-0.2, -0.15) is 9.57 Å². The van der Waals surface area contributed by atoms with Gasteiger partial charge in [-0.15, -0.1) is 5.10 Å². The van der Waals surface area contributed by atoms with Gasteiger partial charge in [0.15, 0.2) is 0 Å². The molecule has 4 rings (SSSR count). The Kier molecular flexibility index (Phi) is 6.26. The van der Waals surface area contributed by atoms with Gasteiger partial charge in [-0.3, -0.25) is 4.90 Å². The van der Waals surface area contributed by atoms with E-state index in [4.69, 9.17) is 21.9 Å². The van der Waals surface area contributed by atoms with Crippen molar-refractivity contribution in [2.24, 2.45) is 0 Å². The van der Waals surface area contributed by atoms with E-state index in [2.05, 4.69) is 16.9 Å². The summed E-state index contributed by atoms with van der Waals surface area (Å²) >= 11 is 5.34. The van der Waals surface area contributed by atoms with Crippen LogP contribution in [-0.2, 0) is 16.7 Å². The molecule has 0 unspecified atom stereocenters. The Morgan fingerprint density at radius 2 is 1.75 bits per heavy atom. The number of hydrogen-bond donors (Lipinski definition) is 0. The van der Waals surface area contributed by atoms with Crippen molar-refractivity contribution >= 4 is 22.2 Å².